The second-order valence-electron chi connectivity index (χ2n) is 5.20. The molecule has 0 aliphatic heterocycles. The molecule has 0 aromatic carbocycles. The molecule has 2 heterocycles. The summed E-state index contributed by atoms with van der Waals surface area (Å²) in [7, 11) is 3.69. The normalized spacial score (nSPS) is 11.6. The predicted octanol–water partition coefficient (Wildman–Crippen LogP) is 1.61. The average Bonchev–Trinajstić information content (AvgIpc) is 2.73. The van der Waals surface area contributed by atoms with Crippen LogP contribution in [0, 0.1) is 0 Å². The monoisotopic (exact) mass is 246 g/mol. The number of anilines is 1. The Labute approximate surface area is 106 Å². The van der Waals surface area contributed by atoms with Crippen LogP contribution < -0.4 is 5.32 Å². The van der Waals surface area contributed by atoms with Crippen molar-refractivity contribution in [1.29, 1.82) is 0 Å². The number of nitrogens with zero attached hydrogens (tertiary/aromatic N) is 5. The average molecular weight is 246 g/mol. The summed E-state index contributed by atoms with van der Waals surface area (Å²) in [4.78, 5) is 9.09. The van der Waals surface area contributed by atoms with Gasteiger partial charge >= 0.3 is 0 Å². The van der Waals surface area contributed by atoms with Gasteiger partial charge in [-0.25, -0.2) is 14.6 Å². The molecule has 0 saturated heterocycles. The van der Waals surface area contributed by atoms with Gasteiger partial charge in [0, 0.05) is 25.6 Å². The van der Waals surface area contributed by atoms with Crippen molar-refractivity contribution in [3.63, 3.8) is 0 Å². The number of aromatic nitrogens is 5. The fourth-order valence-corrected chi connectivity index (χ4v) is 1.56. The van der Waals surface area contributed by atoms with Crippen molar-refractivity contribution in [2.45, 2.75) is 26.2 Å². The molecule has 0 aliphatic carbocycles. The number of nitrogens with one attached hydrogen (secondary N) is 1. The summed E-state index contributed by atoms with van der Waals surface area (Å²) in [5, 5.41) is 10.9. The molecule has 6 nitrogen and oxygen atoms in total. The highest BCUT2D eigenvalue weighted by atomic mass is 15.4. The van der Waals surface area contributed by atoms with Gasteiger partial charge in [-0.3, -0.25) is 0 Å². The van der Waals surface area contributed by atoms with Gasteiger partial charge in [-0.1, -0.05) is 26.0 Å². The molecule has 0 amide bonds. The van der Waals surface area contributed by atoms with Crippen LogP contribution in [-0.4, -0.2) is 32.0 Å². The number of rotatable bonds is 2. The molecule has 18 heavy (non-hydrogen) atoms. The molecule has 0 fully saturated rings. The summed E-state index contributed by atoms with van der Waals surface area (Å²) in [6.07, 6.45) is 1.70. The molecule has 0 bridgehead atoms. The zero-order valence-corrected chi connectivity index (χ0v) is 11.4. The van der Waals surface area contributed by atoms with Crippen LogP contribution in [0.3, 0.4) is 0 Å². The Morgan fingerprint density at radius 3 is 2.44 bits per heavy atom. The van der Waals surface area contributed by atoms with E-state index in [1.54, 1.807) is 10.9 Å². The van der Waals surface area contributed by atoms with Crippen molar-refractivity contribution in [2.75, 3.05) is 12.4 Å². The summed E-state index contributed by atoms with van der Waals surface area (Å²) in [6.45, 7) is 6.27. The molecule has 0 saturated carbocycles. The van der Waals surface area contributed by atoms with Gasteiger partial charge in [0.05, 0.1) is 11.9 Å². The van der Waals surface area contributed by atoms with Crippen LogP contribution in [0.5, 0.6) is 0 Å². The van der Waals surface area contributed by atoms with Crippen LogP contribution in [0.4, 0.5) is 5.82 Å². The summed E-state index contributed by atoms with van der Waals surface area (Å²) in [5.74, 6) is 1.59. The minimum Gasteiger partial charge on any atom is -0.373 e. The maximum Gasteiger partial charge on any atom is 0.136 e. The summed E-state index contributed by atoms with van der Waals surface area (Å²) < 4.78 is 1.70. The summed E-state index contributed by atoms with van der Waals surface area (Å²) >= 11 is 0. The van der Waals surface area contributed by atoms with Crippen LogP contribution >= 0.6 is 0 Å². The van der Waals surface area contributed by atoms with Crippen molar-refractivity contribution >= 4 is 5.82 Å². The SMILES string of the molecule is CNc1cc(-c2cnnn2C)nc(C(C)(C)C)n1. The maximum absolute atomic E-state index is 4.60. The third-order valence-electron chi connectivity index (χ3n) is 2.63. The van der Waals surface area contributed by atoms with E-state index in [0.717, 1.165) is 23.0 Å². The summed E-state index contributed by atoms with van der Waals surface area (Å²) in [6, 6.07) is 1.90. The topological polar surface area (TPSA) is 68.5 Å². The minimum atomic E-state index is -0.104. The molecule has 6 heteroatoms. The number of hydrogen-bond acceptors (Lipinski definition) is 5. The van der Waals surface area contributed by atoms with Gasteiger partial charge in [0.15, 0.2) is 0 Å². The van der Waals surface area contributed by atoms with Crippen molar-refractivity contribution < 1.29 is 0 Å². The van der Waals surface area contributed by atoms with Crippen molar-refractivity contribution in [3.05, 3.63) is 18.1 Å². The van der Waals surface area contributed by atoms with E-state index in [4.69, 9.17) is 0 Å². The minimum absolute atomic E-state index is 0.104. The molecule has 0 radical (unpaired) electrons. The fraction of sp³-hybridized carbons (Fsp3) is 0.500. The molecule has 2 aromatic rings. The first-order chi connectivity index (χ1) is 8.41. The molecular weight excluding hydrogens is 228 g/mol. The van der Waals surface area contributed by atoms with E-state index in [0.29, 0.717) is 0 Å². The van der Waals surface area contributed by atoms with E-state index in [-0.39, 0.29) is 5.41 Å². The first-order valence-electron chi connectivity index (χ1n) is 5.84. The number of aryl methyl sites for hydroxylation is 1. The van der Waals surface area contributed by atoms with Crippen molar-refractivity contribution in [1.82, 2.24) is 25.0 Å². The quantitative estimate of drug-likeness (QED) is 0.872. The Hall–Kier alpha value is -1.98. The Morgan fingerprint density at radius 1 is 1.22 bits per heavy atom. The van der Waals surface area contributed by atoms with Crippen LogP contribution in [0.2, 0.25) is 0 Å². The standard InChI is InChI=1S/C12H18N6/c1-12(2,3)11-15-8(6-10(13-4)16-11)9-7-14-17-18(9)5/h6-7H,1-5H3,(H,13,15,16). The zero-order chi connectivity index (χ0) is 13.3. The van der Waals surface area contributed by atoms with Crippen molar-refractivity contribution in [3.8, 4) is 11.4 Å². The first kappa shape index (κ1) is 12.5. The maximum atomic E-state index is 4.60. The smallest absolute Gasteiger partial charge is 0.136 e. The lowest BCUT2D eigenvalue weighted by atomic mass is 9.95. The number of hydrogen-bond donors (Lipinski definition) is 1. The molecule has 0 unspecified atom stereocenters. The Kier molecular flexibility index (Phi) is 3.02. The highest BCUT2D eigenvalue weighted by Gasteiger charge is 2.20. The Morgan fingerprint density at radius 2 is 1.94 bits per heavy atom. The second-order valence-corrected chi connectivity index (χ2v) is 5.20. The van der Waals surface area contributed by atoms with E-state index < -0.39 is 0 Å². The van der Waals surface area contributed by atoms with Gasteiger partial charge in [0.2, 0.25) is 0 Å². The Bertz CT molecular complexity index is 552. The van der Waals surface area contributed by atoms with Crippen LogP contribution in [-0.2, 0) is 12.5 Å². The van der Waals surface area contributed by atoms with E-state index in [9.17, 15) is 0 Å². The molecule has 0 aliphatic rings. The van der Waals surface area contributed by atoms with Crippen LogP contribution in [0.1, 0.15) is 26.6 Å². The second kappa shape index (κ2) is 4.36. The van der Waals surface area contributed by atoms with Gasteiger partial charge in [0.25, 0.3) is 0 Å². The predicted molar refractivity (Wildman–Crippen MR) is 70.3 cm³/mol. The van der Waals surface area contributed by atoms with Gasteiger partial charge in [0.1, 0.15) is 17.3 Å². The van der Waals surface area contributed by atoms with Crippen LogP contribution in [0.15, 0.2) is 12.3 Å². The molecule has 0 spiro atoms. The molecule has 2 rings (SSSR count). The van der Waals surface area contributed by atoms with Gasteiger partial charge in [-0.2, -0.15) is 0 Å². The van der Waals surface area contributed by atoms with Gasteiger partial charge in [-0.15, -0.1) is 5.10 Å². The zero-order valence-electron chi connectivity index (χ0n) is 11.4. The van der Waals surface area contributed by atoms with Crippen molar-refractivity contribution in [2.24, 2.45) is 7.05 Å². The van der Waals surface area contributed by atoms with Gasteiger partial charge in [-0.05, 0) is 0 Å². The third kappa shape index (κ3) is 2.32. The molecule has 0 atom stereocenters. The molecule has 1 N–H and O–H groups in total. The largest absolute Gasteiger partial charge is 0.373 e. The van der Waals surface area contributed by atoms with Gasteiger partial charge < -0.3 is 5.32 Å². The summed E-state index contributed by atoms with van der Waals surface area (Å²) in [5.41, 5.74) is 1.60. The molecule has 96 valence electrons. The van der Waals surface area contributed by atoms with E-state index in [2.05, 4.69) is 46.4 Å². The van der Waals surface area contributed by atoms with Crippen LogP contribution in [0.25, 0.3) is 11.4 Å². The fourth-order valence-electron chi connectivity index (χ4n) is 1.56. The lowest BCUT2D eigenvalue weighted by molar-refractivity contribution is 0.546. The first-order valence-corrected chi connectivity index (χ1v) is 5.84. The third-order valence-corrected chi connectivity index (χ3v) is 2.63. The highest BCUT2D eigenvalue weighted by molar-refractivity contribution is 5.58. The Balaban J connectivity index is 2.58. The van der Waals surface area contributed by atoms with E-state index in [1.165, 1.54) is 0 Å². The lowest BCUT2D eigenvalue weighted by Gasteiger charge is -2.18. The molecule has 2 aromatic heterocycles. The molecular formula is C12H18N6. The highest BCUT2D eigenvalue weighted by Crippen LogP contribution is 2.24. The van der Waals surface area contributed by atoms with E-state index >= 15 is 0 Å². The lowest BCUT2D eigenvalue weighted by Crippen LogP contribution is -2.17. The van der Waals surface area contributed by atoms with E-state index in [1.807, 2.05) is 20.2 Å².